The van der Waals surface area contributed by atoms with E-state index in [0.29, 0.717) is 6.04 Å². The predicted molar refractivity (Wildman–Crippen MR) is 70.0 cm³/mol. The number of fused-ring (bicyclic) bond motifs is 1. The molecule has 1 aromatic rings. The highest BCUT2D eigenvalue weighted by Gasteiger charge is 2.22. The molecule has 0 saturated heterocycles. The molecule has 1 atom stereocenters. The Labute approximate surface area is 98.4 Å². The van der Waals surface area contributed by atoms with Crippen molar-refractivity contribution in [1.29, 1.82) is 0 Å². The van der Waals surface area contributed by atoms with Crippen molar-refractivity contribution in [3.63, 3.8) is 0 Å². The number of para-hydroxylation sites is 1. The smallest absolute Gasteiger partial charge is 0.0403 e. The first-order valence-electron chi connectivity index (χ1n) is 6.06. The van der Waals surface area contributed by atoms with Gasteiger partial charge in [-0.3, -0.25) is 0 Å². The zero-order chi connectivity index (χ0) is 11.8. The second-order valence-electron chi connectivity index (χ2n) is 5.79. The van der Waals surface area contributed by atoms with Crippen molar-refractivity contribution in [2.75, 3.05) is 11.9 Å². The van der Waals surface area contributed by atoms with E-state index in [1.807, 2.05) is 0 Å². The second kappa shape index (κ2) is 4.10. The fourth-order valence-corrected chi connectivity index (χ4v) is 2.43. The van der Waals surface area contributed by atoms with Crippen LogP contribution in [0.3, 0.4) is 0 Å². The molecule has 1 aliphatic rings. The summed E-state index contributed by atoms with van der Waals surface area (Å²) >= 11 is 0. The van der Waals surface area contributed by atoms with Gasteiger partial charge in [-0.15, -0.1) is 0 Å². The summed E-state index contributed by atoms with van der Waals surface area (Å²) < 4.78 is 0. The Morgan fingerprint density at radius 1 is 1.31 bits per heavy atom. The van der Waals surface area contributed by atoms with E-state index in [9.17, 15) is 0 Å². The quantitative estimate of drug-likeness (QED) is 0.757. The monoisotopic (exact) mass is 218 g/mol. The normalized spacial score (nSPS) is 20.1. The molecule has 0 radical (unpaired) electrons. The Morgan fingerprint density at radius 3 is 2.75 bits per heavy atom. The van der Waals surface area contributed by atoms with Gasteiger partial charge in [0.15, 0.2) is 0 Å². The van der Waals surface area contributed by atoms with E-state index in [-0.39, 0.29) is 5.54 Å². The van der Waals surface area contributed by atoms with Crippen molar-refractivity contribution >= 4 is 5.69 Å². The average Bonchev–Trinajstić information content (AvgIpc) is 2.15. The molecule has 1 aromatic carbocycles. The van der Waals surface area contributed by atoms with Crippen LogP contribution in [0, 0.1) is 6.92 Å². The summed E-state index contributed by atoms with van der Waals surface area (Å²) in [6.45, 7) is 9.86. The maximum atomic E-state index is 3.66. The van der Waals surface area contributed by atoms with Gasteiger partial charge in [-0.2, -0.15) is 0 Å². The predicted octanol–water partition coefficient (Wildman–Crippen LogP) is 2.72. The zero-order valence-corrected chi connectivity index (χ0v) is 10.7. The lowest BCUT2D eigenvalue weighted by atomic mass is 9.95. The van der Waals surface area contributed by atoms with Crippen molar-refractivity contribution in [2.24, 2.45) is 0 Å². The molecule has 0 aliphatic carbocycles. The van der Waals surface area contributed by atoms with Gasteiger partial charge >= 0.3 is 0 Å². The van der Waals surface area contributed by atoms with Crippen LogP contribution in [0.1, 0.15) is 31.9 Å². The van der Waals surface area contributed by atoms with Crippen LogP contribution in [-0.4, -0.2) is 18.1 Å². The van der Waals surface area contributed by atoms with Crippen LogP contribution in [0.2, 0.25) is 0 Å². The van der Waals surface area contributed by atoms with E-state index >= 15 is 0 Å². The van der Waals surface area contributed by atoms with Crippen molar-refractivity contribution in [2.45, 2.75) is 45.7 Å². The van der Waals surface area contributed by atoms with E-state index in [2.05, 4.69) is 56.5 Å². The maximum Gasteiger partial charge on any atom is 0.0403 e. The first kappa shape index (κ1) is 11.5. The summed E-state index contributed by atoms with van der Waals surface area (Å²) in [7, 11) is 0. The van der Waals surface area contributed by atoms with Crippen LogP contribution in [0.5, 0.6) is 0 Å². The van der Waals surface area contributed by atoms with E-state index in [1.165, 1.54) is 16.8 Å². The first-order valence-corrected chi connectivity index (χ1v) is 6.06. The average molecular weight is 218 g/mol. The van der Waals surface area contributed by atoms with Crippen molar-refractivity contribution < 1.29 is 0 Å². The summed E-state index contributed by atoms with van der Waals surface area (Å²) in [4.78, 5) is 0. The lowest BCUT2D eigenvalue weighted by Gasteiger charge is -2.33. The summed E-state index contributed by atoms with van der Waals surface area (Å²) in [6.07, 6.45) is 1.13. The highest BCUT2D eigenvalue weighted by atomic mass is 15.0. The first-order chi connectivity index (χ1) is 7.46. The van der Waals surface area contributed by atoms with Gasteiger partial charge in [-0.1, -0.05) is 18.2 Å². The highest BCUT2D eigenvalue weighted by molar-refractivity contribution is 5.59. The van der Waals surface area contributed by atoms with Crippen LogP contribution in [0.4, 0.5) is 5.69 Å². The van der Waals surface area contributed by atoms with Gasteiger partial charge in [0.05, 0.1) is 0 Å². The largest absolute Gasteiger partial charge is 0.383 e. The highest BCUT2D eigenvalue weighted by Crippen LogP contribution is 2.25. The molecule has 1 unspecified atom stereocenters. The molecule has 16 heavy (non-hydrogen) atoms. The molecule has 2 heteroatoms. The number of rotatable bonds is 1. The minimum atomic E-state index is 0.188. The van der Waals surface area contributed by atoms with E-state index < -0.39 is 0 Å². The van der Waals surface area contributed by atoms with Crippen molar-refractivity contribution in [1.82, 2.24) is 5.32 Å². The van der Waals surface area contributed by atoms with Gasteiger partial charge in [0.1, 0.15) is 0 Å². The van der Waals surface area contributed by atoms with Gasteiger partial charge in [-0.05, 0) is 45.2 Å². The van der Waals surface area contributed by atoms with Gasteiger partial charge in [-0.25, -0.2) is 0 Å². The van der Waals surface area contributed by atoms with Crippen molar-refractivity contribution in [3.8, 4) is 0 Å². The summed E-state index contributed by atoms with van der Waals surface area (Å²) in [5.74, 6) is 0. The van der Waals surface area contributed by atoms with Crippen LogP contribution >= 0.6 is 0 Å². The minimum absolute atomic E-state index is 0.188. The molecule has 0 saturated carbocycles. The molecule has 88 valence electrons. The SMILES string of the molecule is Cc1cccc2c1NCC(NC(C)(C)C)C2. The minimum Gasteiger partial charge on any atom is -0.383 e. The van der Waals surface area contributed by atoms with Gasteiger partial charge in [0.25, 0.3) is 0 Å². The third kappa shape index (κ3) is 2.56. The fraction of sp³-hybridized carbons (Fsp3) is 0.571. The molecular formula is C14H22N2. The van der Waals surface area contributed by atoms with E-state index in [1.54, 1.807) is 0 Å². The maximum absolute atomic E-state index is 3.66. The molecule has 2 N–H and O–H groups in total. The standard InChI is InChI=1S/C14H22N2/c1-10-6-5-7-11-8-12(9-15-13(10)11)16-14(2,3)4/h5-7,12,15-16H,8-9H2,1-4H3. The molecule has 1 heterocycles. The Kier molecular flexibility index (Phi) is 2.94. The van der Waals surface area contributed by atoms with Crippen LogP contribution < -0.4 is 10.6 Å². The molecule has 1 aliphatic heterocycles. The number of anilines is 1. The molecule has 0 aromatic heterocycles. The molecule has 0 bridgehead atoms. The summed E-state index contributed by atoms with van der Waals surface area (Å²) in [5.41, 5.74) is 4.32. The van der Waals surface area contributed by atoms with Gasteiger partial charge in [0, 0.05) is 23.8 Å². The van der Waals surface area contributed by atoms with E-state index in [0.717, 1.165) is 13.0 Å². The van der Waals surface area contributed by atoms with Gasteiger partial charge < -0.3 is 10.6 Å². The fourth-order valence-electron chi connectivity index (χ4n) is 2.43. The molecule has 0 amide bonds. The molecular weight excluding hydrogens is 196 g/mol. The van der Waals surface area contributed by atoms with E-state index in [4.69, 9.17) is 0 Å². The topological polar surface area (TPSA) is 24.1 Å². The number of benzene rings is 1. The second-order valence-corrected chi connectivity index (χ2v) is 5.79. The van der Waals surface area contributed by atoms with Crippen LogP contribution in [-0.2, 0) is 6.42 Å². The Bertz CT molecular complexity index is 377. The Hall–Kier alpha value is -1.02. The number of hydrogen-bond donors (Lipinski definition) is 2. The Balaban J connectivity index is 2.12. The third-order valence-electron chi connectivity index (χ3n) is 2.99. The summed E-state index contributed by atoms with van der Waals surface area (Å²) in [5, 5.41) is 7.20. The number of nitrogens with one attached hydrogen (secondary N) is 2. The lowest BCUT2D eigenvalue weighted by Crippen LogP contribution is -2.49. The lowest BCUT2D eigenvalue weighted by molar-refractivity contribution is 0.360. The molecule has 2 rings (SSSR count). The molecule has 2 nitrogen and oxygen atoms in total. The Morgan fingerprint density at radius 2 is 2.06 bits per heavy atom. The van der Waals surface area contributed by atoms with Crippen molar-refractivity contribution in [3.05, 3.63) is 29.3 Å². The zero-order valence-electron chi connectivity index (χ0n) is 10.7. The third-order valence-corrected chi connectivity index (χ3v) is 2.99. The van der Waals surface area contributed by atoms with Gasteiger partial charge in [0.2, 0.25) is 0 Å². The van der Waals surface area contributed by atoms with Crippen LogP contribution in [0.15, 0.2) is 18.2 Å². The number of hydrogen-bond acceptors (Lipinski definition) is 2. The summed E-state index contributed by atoms with van der Waals surface area (Å²) in [6, 6.07) is 7.08. The number of aryl methyl sites for hydroxylation is 1. The molecule has 0 fully saturated rings. The molecule has 0 spiro atoms. The van der Waals surface area contributed by atoms with Crippen LogP contribution in [0.25, 0.3) is 0 Å².